The van der Waals surface area contributed by atoms with Crippen LogP contribution in [0.5, 0.6) is 0 Å². The lowest BCUT2D eigenvalue weighted by Crippen LogP contribution is -2.60. The Bertz CT molecular complexity index is 2180. The van der Waals surface area contributed by atoms with Gasteiger partial charge in [-0.15, -0.1) is 11.3 Å². The number of aromatic nitrogens is 1. The number of thiophene rings is 1. The Morgan fingerprint density at radius 1 is 0.923 bits per heavy atom. The van der Waals surface area contributed by atoms with Crippen molar-refractivity contribution in [2.75, 3.05) is 53.3 Å². The maximum Gasteiger partial charge on any atom is 0.265 e. The number of amides is 3. The van der Waals surface area contributed by atoms with E-state index >= 15 is 0 Å². The molecule has 2 N–H and O–H groups in total. The van der Waals surface area contributed by atoms with E-state index in [1.807, 2.05) is 49.5 Å². The number of carbonyl (C=O) groups is 3. The maximum absolute atomic E-state index is 14.5. The van der Waals surface area contributed by atoms with Gasteiger partial charge in [0, 0.05) is 59.4 Å². The SMILES string of the molecule is Cc1cnc(N2CC3(CCCOC3)C2)c(NC(=O)c2ccc(C(=O)N3CCc4cc(C(=O)Nc5c(C)cccc5F)sc4-c4ccccc43)cc2)c1. The van der Waals surface area contributed by atoms with Crippen molar-refractivity contribution in [3.63, 3.8) is 0 Å². The van der Waals surface area contributed by atoms with Crippen LogP contribution in [0.25, 0.3) is 10.4 Å². The fourth-order valence-electron chi connectivity index (χ4n) is 7.48. The zero-order valence-electron chi connectivity index (χ0n) is 29.0. The number of nitrogens with zero attached hydrogens (tertiary/aromatic N) is 3. The summed E-state index contributed by atoms with van der Waals surface area (Å²) in [5, 5.41) is 5.80. The minimum Gasteiger partial charge on any atom is -0.381 e. The first kappa shape index (κ1) is 33.7. The normalized spacial score (nSPS) is 16.0. The van der Waals surface area contributed by atoms with Crippen molar-refractivity contribution in [3.8, 4) is 10.4 Å². The van der Waals surface area contributed by atoms with Crippen LogP contribution in [0.15, 0.2) is 85.1 Å². The van der Waals surface area contributed by atoms with E-state index in [4.69, 9.17) is 4.74 Å². The van der Waals surface area contributed by atoms with Crippen molar-refractivity contribution in [1.29, 1.82) is 0 Å². The van der Waals surface area contributed by atoms with E-state index < -0.39 is 5.82 Å². The van der Waals surface area contributed by atoms with Crippen molar-refractivity contribution in [1.82, 2.24) is 4.98 Å². The topological polar surface area (TPSA) is 104 Å². The molecule has 8 rings (SSSR count). The minimum atomic E-state index is -0.483. The number of halogens is 1. The number of aryl methyl sites for hydroxylation is 2. The Labute approximate surface area is 305 Å². The summed E-state index contributed by atoms with van der Waals surface area (Å²) in [4.78, 5) is 50.8. The molecule has 5 heterocycles. The summed E-state index contributed by atoms with van der Waals surface area (Å²) in [7, 11) is 0. The second-order valence-corrected chi connectivity index (χ2v) is 15.1. The molecule has 2 fully saturated rings. The monoisotopic (exact) mass is 715 g/mol. The lowest BCUT2D eigenvalue weighted by atomic mass is 9.75. The molecule has 2 saturated heterocycles. The minimum absolute atomic E-state index is 0.164. The summed E-state index contributed by atoms with van der Waals surface area (Å²) in [5.74, 6) is -0.574. The van der Waals surface area contributed by atoms with E-state index in [1.165, 1.54) is 17.4 Å². The van der Waals surface area contributed by atoms with Gasteiger partial charge in [-0.05, 0) is 98.3 Å². The second kappa shape index (κ2) is 13.6. The first-order valence-corrected chi connectivity index (χ1v) is 18.3. The molecule has 3 amide bonds. The van der Waals surface area contributed by atoms with Gasteiger partial charge in [0.05, 0.1) is 28.5 Å². The van der Waals surface area contributed by atoms with Crippen LogP contribution in [-0.2, 0) is 11.2 Å². The third-order valence-electron chi connectivity index (χ3n) is 10.2. The zero-order valence-corrected chi connectivity index (χ0v) is 29.8. The largest absolute Gasteiger partial charge is 0.381 e. The van der Waals surface area contributed by atoms with Gasteiger partial charge in [-0.2, -0.15) is 0 Å². The van der Waals surface area contributed by atoms with Crippen LogP contribution >= 0.6 is 11.3 Å². The van der Waals surface area contributed by atoms with E-state index in [0.29, 0.717) is 40.2 Å². The van der Waals surface area contributed by atoms with Crippen LogP contribution in [0.3, 0.4) is 0 Å². The van der Waals surface area contributed by atoms with Crippen molar-refractivity contribution in [2.24, 2.45) is 5.41 Å². The van der Waals surface area contributed by atoms with Crippen molar-refractivity contribution < 1.29 is 23.5 Å². The van der Waals surface area contributed by atoms with Gasteiger partial charge in [0.15, 0.2) is 5.82 Å². The third kappa shape index (κ3) is 6.35. The number of benzene rings is 3. The molecule has 0 bridgehead atoms. The molecular weight excluding hydrogens is 678 g/mol. The Balaban J connectivity index is 0.978. The number of para-hydroxylation sites is 2. The number of pyridine rings is 1. The first-order chi connectivity index (χ1) is 25.2. The van der Waals surface area contributed by atoms with Crippen molar-refractivity contribution in [2.45, 2.75) is 33.1 Å². The molecule has 0 saturated carbocycles. The van der Waals surface area contributed by atoms with Crippen LogP contribution in [0.4, 0.5) is 27.3 Å². The van der Waals surface area contributed by atoms with Crippen molar-refractivity contribution >= 4 is 51.9 Å². The van der Waals surface area contributed by atoms with Gasteiger partial charge in [0.2, 0.25) is 0 Å². The Morgan fingerprint density at radius 3 is 2.48 bits per heavy atom. The maximum atomic E-state index is 14.5. The molecule has 52 heavy (non-hydrogen) atoms. The van der Waals surface area contributed by atoms with E-state index in [1.54, 1.807) is 48.2 Å². The highest BCUT2D eigenvalue weighted by Gasteiger charge is 2.45. The summed E-state index contributed by atoms with van der Waals surface area (Å²) >= 11 is 1.33. The number of carbonyl (C=O) groups excluding carboxylic acids is 3. The standard InChI is InChI=1S/C41H38FN5O4S/c1-25-19-32(37(43-21-25)46-22-41(23-46)16-6-18-51-24-41)44-38(48)27-11-13-28(14-12-27)40(50)47-17-15-29-20-34(52-36(29)30-8-3-4-10-33(30)47)39(49)45-35-26(2)7-5-9-31(35)42/h3-5,7-14,19-21H,6,15-18,22-24H2,1-2H3,(H,44,48)(H,45,49). The molecule has 0 atom stereocenters. The number of ether oxygens (including phenoxy) is 1. The molecule has 3 aromatic carbocycles. The number of hydrogen-bond donors (Lipinski definition) is 2. The predicted molar refractivity (Wildman–Crippen MR) is 202 cm³/mol. The number of nitrogens with one attached hydrogen (secondary N) is 2. The number of hydrogen-bond acceptors (Lipinski definition) is 7. The van der Waals surface area contributed by atoms with Crippen LogP contribution in [0, 0.1) is 25.1 Å². The number of rotatable bonds is 6. The lowest BCUT2D eigenvalue weighted by Gasteiger charge is -2.52. The molecule has 3 aliphatic rings. The molecule has 5 aromatic rings. The van der Waals surface area contributed by atoms with E-state index in [2.05, 4.69) is 20.5 Å². The van der Waals surface area contributed by atoms with Gasteiger partial charge in [-0.1, -0.05) is 30.3 Å². The summed E-state index contributed by atoms with van der Waals surface area (Å²) in [6, 6.07) is 22.8. The molecule has 0 unspecified atom stereocenters. The van der Waals surface area contributed by atoms with Gasteiger partial charge < -0.3 is 25.2 Å². The Kier molecular flexibility index (Phi) is 8.84. The van der Waals surface area contributed by atoms with Gasteiger partial charge in [-0.3, -0.25) is 14.4 Å². The zero-order chi connectivity index (χ0) is 36.0. The second-order valence-electron chi connectivity index (χ2n) is 14.0. The average Bonchev–Trinajstić information content (AvgIpc) is 3.50. The van der Waals surface area contributed by atoms with Crippen molar-refractivity contribution in [3.05, 3.63) is 124 Å². The molecule has 11 heteroatoms. The predicted octanol–water partition coefficient (Wildman–Crippen LogP) is 7.89. The van der Waals surface area contributed by atoms with Crippen LogP contribution < -0.4 is 20.4 Å². The quantitative estimate of drug-likeness (QED) is 0.185. The summed E-state index contributed by atoms with van der Waals surface area (Å²) in [6.45, 7) is 7.37. The van der Waals surface area contributed by atoms with E-state index in [0.717, 1.165) is 72.2 Å². The molecule has 264 valence electrons. The molecule has 2 aromatic heterocycles. The Hall–Kier alpha value is -5.39. The average molecular weight is 716 g/mol. The third-order valence-corrected chi connectivity index (χ3v) is 11.4. The number of fused-ring (bicyclic) bond motifs is 3. The van der Waals surface area contributed by atoms with Crippen LogP contribution in [-0.4, -0.2) is 55.6 Å². The highest BCUT2D eigenvalue weighted by Crippen LogP contribution is 2.43. The highest BCUT2D eigenvalue weighted by atomic mass is 32.1. The van der Waals surface area contributed by atoms with Gasteiger partial charge in [0.25, 0.3) is 17.7 Å². The number of anilines is 4. The fraction of sp³-hybridized carbons (Fsp3) is 0.268. The molecule has 0 radical (unpaired) electrons. The van der Waals surface area contributed by atoms with Gasteiger partial charge >= 0.3 is 0 Å². The van der Waals surface area contributed by atoms with Crippen LogP contribution in [0.1, 0.15) is 59.9 Å². The molecule has 9 nitrogen and oxygen atoms in total. The van der Waals surface area contributed by atoms with E-state index in [9.17, 15) is 18.8 Å². The molecule has 3 aliphatic heterocycles. The van der Waals surface area contributed by atoms with Gasteiger partial charge in [0.1, 0.15) is 5.82 Å². The van der Waals surface area contributed by atoms with E-state index in [-0.39, 0.29) is 28.8 Å². The molecule has 0 aliphatic carbocycles. The summed E-state index contributed by atoms with van der Waals surface area (Å²) in [6.07, 6.45) is 4.55. The smallest absolute Gasteiger partial charge is 0.265 e. The highest BCUT2D eigenvalue weighted by molar-refractivity contribution is 7.17. The van der Waals surface area contributed by atoms with Crippen LogP contribution in [0.2, 0.25) is 0 Å². The Morgan fingerprint density at radius 2 is 1.71 bits per heavy atom. The van der Waals surface area contributed by atoms with Gasteiger partial charge in [-0.25, -0.2) is 9.37 Å². The lowest BCUT2D eigenvalue weighted by molar-refractivity contribution is -0.0236. The molecular formula is C41H38FN5O4S. The fourth-order valence-corrected chi connectivity index (χ4v) is 8.62. The first-order valence-electron chi connectivity index (χ1n) is 17.5. The summed E-state index contributed by atoms with van der Waals surface area (Å²) in [5.41, 5.74) is 5.99. The summed E-state index contributed by atoms with van der Waals surface area (Å²) < 4.78 is 20.2. The molecule has 1 spiro atoms.